The molecule has 1 saturated heterocycles. The van der Waals surface area contributed by atoms with Crippen LogP contribution in [-0.2, 0) is 4.74 Å². The number of ether oxygens (including phenoxy) is 3. The van der Waals surface area contributed by atoms with Crippen molar-refractivity contribution in [2.75, 3.05) is 19.8 Å². The van der Waals surface area contributed by atoms with E-state index in [-0.39, 0.29) is 11.5 Å². The molecule has 3 nitrogen and oxygen atoms in total. The third-order valence-corrected chi connectivity index (χ3v) is 6.19. The topological polar surface area (TPSA) is 27.7 Å². The van der Waals surface area contributed by atoms with Crippen LogP contribution in [0.25, 0.3) is 0 Å². The molecule has 0 aromatic heterocycles. The summed E-state index contributed by atoms with van der Waals surface area (Å²) in [6, 6.07) is 2.88. The molecule has 5 heteroatoms. The normalized spacial score (nSPS) is 28.7. The highest BCUT2D eigenvalue weighted by molar-refractivity contribution is 5.35. The molecular formula is C22H32F2O3. The zero-order chi connectivity index (χ0) is 19.2. The van der Waals surface area contributed by atoms with Crippen LogP contribution in [0.15, 0.2) is 12.1 Å². The fraction of sp³-hybridized carbons (Fsp3) is 0.727. The van der Waals surface area contributed by atoms with Crippen molar-refractivity contribution in [3.8, 4) is 11.5 Å². The Bertz CT molecular complexity index is 591. The first-order valence-corrected chi connectivity index (χ1v) is 10.5. The van der Waals surface area contributed by atoms with Gasteiger partial charge in [-0.25, -0.2) is 0 Å². The maximum absolute atomic E-state index is 14.1. The van der Waals surface area contributed by atoms with Crippen LogP contribution in [0, 0.1) is 29.4 Å². The molecule has 1 saturated carbocycles. The number of hydrogen-bond acceptors (Lipinski definition) is 3. The summed E-state index contributed by atoms with van der Waals surface area (Å²) in [5.74, 6) is -0.273. The van der Waals surface area contributed by atoms with E-state index in [1.54, 1.807) is 6.92 Å². The average Bonchev–Trinajstić information content (AvgIpc) is 2.71. The van der Waals surface area contributed by atoms with Crippen LogP contribution in [0.1, 0.15) is 58.8 Å². The van der Waals surface area contributed by atoms with E-state index in [9.17, 15) is 8.78 Å². The fourth-order valence-corrected chi connectivity index (χ4v) is 4.35. The highest BCUT2D eigenvalue weighted by atomic mass is 19.2. The van der Waals surface area contributed by atoms with E-state index in [1.165, 1.54) is 31.4 Å². The van der Waals surface area contributed by atoms with Crippen molar-refractivity contribution in [1.29, 1.82) is 0 Å². The minimum absolute atomic E-state index is 0.0284. The van der Waals surface area contributed by atoms with E-state index in [1.807, 2.05) is 0 Å². The van der Waals surface area contributed by atoms with Gasteiger partial charge in [0.1, 0.15) is 0 Å². The molecule has 2 fully saturated rings. The lowest BCUT2D eigenvalue weighted by Gasteiger charge is -2.37. The van der Waals surface area contributed by atoms with Gasteiger partial charge in [-0.2, -0.15) is 8.78 Å². The molecule has 3 rings (SSSR count). The zero-order valence-corrected chi connectivity index (χ0v) is 16.5. The smallest absolute Gasteiger partial charge is 0.204 e. The zero-order valence-electron chi connectivity index (χ0n) is 16.5. The van der Waals surface area contributed by atoms with Crippen LogP contribution in [0.4, 0.5) is 8.78 Å². The van der Waals surface area contributed by atoms with Crippen molar-refractivity contribution in [3.63, 3.8) is 0 Å². The molecule has 152 valence electrons. The molecule has 1 aromatic carbocycles. The third kappa shape index (κ3) is 5.13. The van der Waals surface area contributed by atoms with Crippen LogP contribution >= 0.6 is 0 Å². The van der Waals surface area contributed by atoms with Crippen molar-refractivity contribution in [2.45, 2.75) is 64.9 Å². The molecule has 1 aromatic rings. The lowest BCUT2D eigenvalue weighted by molar-refractivity contribution is -0.0595. The molecule has 0 bridgehead atoms. The summed E-state index contributed by atoms with van der Waals surface area (Å²) in [6.07, 6.45) is 8.47. The summed E-state index contributed by atoms with van der Waals surface area (Å²) < 4.78 is 44.8. The van der Waals surface area contributed by atoms with Crippen LogP contribution < -0.4 is 9.47 Å². The van der Waals surface area contributed by atoms with Crippen molar-refractivity contribution >= 4 is 0 Å². The highest BCUT2D eigenvalue weighted by Crippen LogP contribution is 2.37. The predicted octanol–water partition coefficient (Wildman–Crippen LogP) is 5.75. The SMILES string of the molecule is CCOc1ccc(OCC2CCC(C3CCC(CC)CO3)CC2)c(F)c1F. The Morgan fingerprint density at radius 3 is 2.07 bits per heavy atom. The molecule has 0 spiro atoms. The molecule has 2 aliphatic rings. The monoisotopic (exact) mass is 382 g/mol. The Hall–Kier alpha value is -1.36. The van der Waals surface area contributed by atoms with E-state index < -0.39 is 11.6 Å². The summed E-state index contributed by atoms with van der Waals surface area (Å²) in [5, 5.41) is 0. The van der Waals surface area contributed by atoms with Crippen molar-refractivity contribution in [2.24, 2.45) is 17.8 Å². The van der Waals surface area contributed by atoms with E-state index in [4.69, 9.17) is 14.2 Å². The first-order valence-electron chi connectivity index (χ1n) is 10.5. The van der Waals surface area contributed by atoms with Gasteiger partial charge in [0, 0.05) is 6.61 Å². The van der Waals surface area contributed by atoms with Gasteiger partial charge in [0.15, 0.2) is 11.5 Å². The molecule has 0 amide bonds. The van der Waals surface area contributed by atoms with Gasteiger partial charge < -0.3 is 14.2 Å². The molecule has 27 heavy (non-hydrogen) atoms. The Morgan fingerprint density at radius 2 is 1.52 bits per heavy atom. The van der Waals surface area contributed by atoms with E-state index >= 15 is 0 Å². The largest absolute Gasteiger partial charge is 0.491 e. The van der Waals surface area contributed by atoms with Crippen LogP contribution in [0.3, 0.4) is 0 Å². The lowest BCUT2D eigenvalue weighted by atomic mass is 9.77. The number of hydrogen-bond donors (Lipinski definition) is 0. The van der Waals surface area contributed by atoms with E-state index in [2.05, 4.69) is 6.92 Å². The van der Waals surface area contributed by atoms with Crippen molar-refractivity contribution in [1.82, 2.24) is 0 Å². The molecule has 2 unspecified atom stereocenters. The molecule has 0 radical (unpaired) electrons. The summed E-state index contributed by atoms with van der Waals surface area (Å²) >= 11 is 0. The van der Waals surface area contributed by atoms with E-state index in [0.717, 1.165) is 38.2 Å². The number of halogens is 2. The Kier molecular flexibility index (Phi) is 7.33. The molecule has 0 N–H and O–H groups in total. The quantitative estimate of drug-likeness (QED) is 0.601. The number of rotatable bonds is 7. The van der Waals surface area contributed by atoms with Gasteiger partial charge >= 0.3 is 0 Å². The van der Waals surface area contributed by atoms with Gasteiger partial charge in [-0.3, -0.25) is 0 Å². The van der Waals surface area contributed by atoms with Crippen molar-refractivity contribution < 1.29 is 23.0 Å². The maximum Gasteiger partial charge on any atom is 0.204 e. The van der Waals surface area contributed by atoms with Crippen LogP contribution in [0.5, 0.6) is 11.5 Å². The summed E-state index contributed by atoms with van der Waals surface area (Å²) in [6.45, 7) is 5.61. The molecular weight excluding hydrogens is 350 g/mol. The minimum atomic E-state index is -0.974. The summed E-state index contributed by atoms with van der Waals surface area (Å²) in [5.41, 5.74) is 0. The van der Waals surface area contributed by atoms with Gasteiger partial charge in [0.25, 0.3) is 0 Å². The number of benzene rings is 1. The van der Waals surface area contributed by atoms with Gasteiger partial charge in [0.05, 0.1) is 19.3 Å². The Balaban J connectivity index is 1.44. The second-order valence-corrected chi connectivity index (χ2v) is 7.94. The summed E-state index contributed by atoms with van der Waals surface area (Å²) in [7, 11) is 0. The minimum Gasteiger partial charge on any atom is -0.491 e. The van der Waals surface area contributed by atoms with Crippen LogP contribution in [-0.4, -0.2) is 25.9 Å². The Labute approximate surface area is 161 Å². The maximum atomic E-state index is 14.1. The van der Waals surface area contributed by atoms with Gasteiger partial charge in [-0.15, -0.1) is 0 Å². The molecule has 1 aliphatic heterocycles. The second kappa shape index (κ2) is 9.72. The van der Waals surface area contributed by atoms with E-state index in [0.29, 0.717) is 31.2 Å². The Morgan fingerprint density at radius 1 is 0.889 bits per heavy atom. The standard InChI is InChI=1S/C22H32F2O3/c1-3-15-7-10-18(26-13-15)17-8-5-16(6-9-17)14-27-20-12-11-19(25-4-2)21(23)22(20)24/h11-12,15-18H,3-10,13-14H2,1-2H3. The third-order valence-electron chi connectivity index (χ3n) is 6.19. The molecule has 1 heterocycles. The average molecular weight is 382 g/mol. The predicted molar refractivity (Wildman–Crippen MR) is 101 cm³/mol. The van der Waals surface area contributed by atoms with Crippen LogP contribution in [0.2, 0.25) is 0 Å². The van der Waals surface area contributed by atoms with Gasteiger partial charge in [0.2, 0.25) is 11.6 Å². The highest BCUT2D eigenvalue weighted by Gasteiger charge is 2.31. The summed E-state index contributed by atoms with van der Waals surface area (Å²) in [4.78, 5) is 0. The first-order chi connectivity index (χ1) is 13.1. The van der Waals surface area contributed by atoms with Gasteiger partial charge in [-0.05, 0) is 75.3 Å². The molecule has 2 atom stereocenters. The fourth-order valence-electron chi connectivity index (χ4n) is 4.35. The second-order valence-electron chi connectivity index (χ2n) is 7.94. The van der Waals surface area contributed by atoms with Crippen molar-refractivity contribution in [3.05, 3.63) is 23.8 Å². The first kappa shape index (κ1) is 20.4. The molecule has 1 aliphatic carbocycles. The van der Waals surface area contributed by atoms with Gasteiger partial charge in [-0.1, -0.05) is 13.3 Å². The lowest BCUT2D eigenvalue weighted by Crippen LogP contribution is -2.34.